The standard InChI is InChI=1S/C10H15N4O3/c1-13(2)7-14(12-11)5-8-4-9(15)10(16-3)6-17-8/h4,6H,5,7H2,1-3H3/q+1. The zero-order valence-corrected chi connectivity index (χ0v) is 10.1. The molecular weight excluding hydrogens is 224 g/mol. The van der Waals surface area contributed by atoms with Crippen LogP contribution in [0.1, 0.15) is 5.76 Å². The van der Waals surface area contributed by atoms with Crippen LogP contribution in [0.5, 0.6) is 5.75 Å². The summed E-state index contributed by atoms with van der Waals surface area (Å²) in [5.74, 6) is 0.546. The predicted octanol–water partition coefficient (Wildman–Crippen LogP) is 0.738. The van der Waals surface area contributed by atoms with E-state index in [1.807, 2.05) is 19.0 Å². The van der Waals surface area contributed by atoms with E-state index in [-0.39, 0.29) is 17.7 Å². The highest BCUT2D eigenvalue weighted by Crippen LogP contribution is 2.08. The van der Waals surface area contributed by atoms with Crippen molar-refractivity contribution in [2.24, 2.45) is 0 Å². The van der Waals surface area contributed by atoms with Gasteiger partial charge < -0.3 is 9.15 Å². The van der Waals surface area contributed by atoms with Crippen molar-refractivity contribution in [1.82, 2.24) is 9.91 Å². The van der Waals surface area contributed by atoms with Crippen LogP contribution in [0.4, 0.5) is 0 Å². The van der Waals surface area contributed by atoms with Crippen LogP contribution in [0, 0.1) is 5.39 Å². The molecule has 0 saturated carbocycles. The Morgan fingerprint density at radius 1 is 1.53 bits per heavy atom. The molecule has 0 aliphatic carbocycles. The van der Waals surface area contributed by atoms with E-state index in [0.29, 0.717) is 12.4 Å². The van der Waals surface area contributed by atoms with Crippen molar-refractivity contribution < 1.29 is 9.15 Å². The van der Waals surface area contributed by atoms with Gasteiger partial charge in [-0.3, -0.25) is 9.69 Å². The molecule has 1 aromatic heterocycles. The van der Waals surface area contributed by atoms with Gasteiger partial charge in [0.05, 0.1) is 7.11 Å². The minimum Gasteiger partial charge on any atom is -0.490 e. The van der Waals surface area contributed by atoms with Crippen molar-refractivity contribution in [3.05, 3.63) is 33.4 Å². The molecule has 7 heteroatoms. The Morgan fingerprint density at radius 3 is 2.71 bits per heavy atom. The van der Waals surface area contributed by atoms with Crippen molar-refractivity contribution in [2.45, 2.75) is 6.54 Å². The average molecular weight is 239 g/mol. The van der Waals surface area contributed by atoms with E-state index in [4.69, 9.17) is 14.5 Å². The van der Waals surface area contributed by atoms with Crippen LogP contribution in [-0.2, 0) is 6.54 Å². The first-order chi connectivity index (χ1) is 8.06. The van der Waals surface area contributed by atoms with E-state index >= 15 is 0 Å². The van der Waals surface area contributed by atoms with Crippen molar-refractivity contribution in [3.8, 4) is 5.75 Å². The summed E-state index contributed by atoms with van der Waals surface area (Å²) in [4.78, 5) is 13.3. The molecule has 0 unspecified atom stereocenters. The number of methoxy groups -OCH3 is 1. The lowest BCUT2D eigenvalue weighted by Gasteiger charge is -2.10. The monoisotopic (exact) mass is 239 g/mol. The highest BCUT2D eigenvalue weighted by Gasteiger charge is 2.17. The van der Waals surface area contributed by atoms with E-state index in [9.17, 15) is 4.79 Å². The van der Waals surface area contributed by atoms with Crippen LogP contribution in [0.2, 0.25) is 0 Å². The molecule has 0 radical (unpaired) electrons. The third-order valence-corrected chi connectivity index (χ3v) is 1.98. The summed E-state index contributed by atoms with van der Waals surface area (Å²) in [5.41, 5.74) is -0.267. The quantitative estimate of drug-likeness (QED) is 0.428. The second-order valence-corrected chi connectivity index (χ2v) is 3.75. The van der Waals surface area contributed by atoms with Crippen molar-refractivity contribution in [3.63, 3.8) is 0 Å². The van der Waals surface area contributed by atoms with Gasteiger partial charge in [0.2, 0.25) is 11.2 Å². The Labute approximate surface area is 98.8 Å². The minimum absolute atomic E-state index is 0.147. The first-order valence-corrected chi connectivity index (χ1v) is 4.97. The number of rotatable bonds is 5. The van der Waals surface area contributed by atoms with Crippen LogP contribution in [-0.4, -0.2) is 37.8 Å². The van der Waals surface area contributed by atoms with E-state index < -0.39 is 0 Å². The first kappa shape index (κ1) is 13.0. The number of nitrogens with zero attached hydrogens (tertiary/aromatic N) is 4. The topological polar surface area (TPSA) is 74.1 Å². The van der Waals surface area contributed by atoms with E-state index in [1.54, 1.807) is 0 Å². The Hall–Kier alpha value is -2.07. The van der Waals surface area contributed by atoms with Gasteiger partial charge in [-0.1, -0.05) is 0 Å². The van der Waals surface area contributed by atoms with E-state index in [0.717, 1.165) is 0 Å². The molecule has 1 heterocycles. The molecule has 0 atom stereocenters. The summed E-state index contributed by atoms with van der Waals surface area (Å²) in [7, 11) is 5.07. The fourth-order valence-corrected chi connectivity index (χ4v) is 1.29. The number of hydrogen-bond donors (Lipinski definition) is 0. The summed E-state index contributed by atoms with van der Waals surface area (Å²) < 4.78 is 9.98. The van der Waals surface area contributed by atoms with Crippen LogP contribution < -0.4 is 10.2 Å². The van der Waals surface area contributed by atoms with Crippen molar-refractivity contribution in [1.29, 1.82) is 5.39 Å². The van der Waals surface area contributed by atoms with Gasteiger partial charge in [0.1, 0.15) is 18.7 Å². The maximum Gasteiger partial charge on any atom is 0.307 e. The summed E-state index contributed by atoms with van der Waals surface area (Å²) in [6.45, 7) is 0.611. The molecule has 7 nitrogen and oxygen atoms in total. The van der Waals surface area contributed by atoms with E-state index in [1.165, 1.54) is 24.4 Å². The largest absolute Gasteiger partial charge is 0.490 e. The smallest absolute Gasteiger partial charge is 0.307 e. The van der Waals surface area contributed by atoms with E-state index in [2.05, 4.69) is 5.08 Å². The molecular formula is C10H15N4O3+. The fourth-order valence-electron chi connectivity index (χ4n) is 1.29. The minimum atomic E-state index is -0.267. The fraction of sp³-hybridized carbons (Fsp3) is 0.500. The van der Waals surface area contributed by atoms with Gasteiger partial charge in [0, 0.05) is 6.07 Å². The maximum absolute atomic E-state index is 11.5. The lowest BCUT2D eigenvalue weighted by Crippen LogP contribution is -2.28. The molecule has 1 aromatic rings. The molecule has 0 aliphatic heterocycles. The highest BCUT2D eigenvalue weighted by molar-refractivity contribution is 5.17. The molecule has 0 spiro atoms. The molecule has 0 bridgehead atoms. The molecule has 0 aromatic carbocycles. The van der Waals surface area contributed by atoms with Gasteiger partial charge in [-0.2, -0.15) is 0 Å². The molecule has 0 aliphatic rings. The molecule has 0 amide bonds. The molecule has 0 N–H and O–H groups in total. The second-order valence-electron chi connectivity index (χ2n) is 3.75. The van der Waals surface area contributed by atoms with Crippen LogP contribution in [0.25, 0.3) is 5.08 Å². The Balaban J connectivity index is 2.78. The zero-order chi connectivity index (χ0) is 12.8. The lowest BCUT2D eigenvalue weighted by atomic mass is 10.3. The second kappa shape index (κ2) is 5.86. The Kier molecular flexibility index (Phi) is 4.48. The van der Waals surface area contributed by atoms with Gasteiger partial charge in [0.15, 0.2) is 6.54 Å². The number of diazo groups is 1. The molecule has 1 rings (SSSR count). The van der Waals surface area contributed by atoms with Gasteiger partial charge >= 0.3 is 5.08 Å². The molecule has 92 valence electrons. The van der Waals surface area contributed by atoms with Crippen LogP contribution in [0.15, 0.2) is 21.5 Å². The summed E-state index contributed by atoms with van der Waals surface area (Å²) in [6, 6.07) is 1.31. The molecule has 0 saturated heterocycles. The van der Waals surface area contributed by atoms with Gasteiger partial charge in [0.25, 0.3) is 5.39 Å². The average Bonchev–Trinajstić information content (AvgIpc) is 2.27. The maximum atomic E-state index is 11.5. The Bertz CT molecular complexity index is 463. The number of ether oxygens (including phenoxy) is 1. The third-order valence-electron chi connectivity index (χ3n) is 1.98. The highest BCUT2D eigenvalue weighted by atomic mass is 16.5. The summed E-state index contributed by atoms with van der Waals surface area (Å²) >= 11 is 0. The van der Waals surface area contributed by atoms with Crippen LogP contribution >= 0.6 is 0 Å². The first-order valence-electron chi connectivity index (χ1n) is 4.97. The number of hydrogen-bond acceptors (Lipinski definition) is 6. The SMILES string of the molecule is COc1coc(CN(CN(C)C)[N+]#N)cc1=O. The lowest BCUT2D eigenvalue weighted by molar-refractivity contribution is 0.207. The predicted molar refractivity (Wildman–Crippen MR) is 60.7 cm³/mol. The summed E-state index contributed by atoms with van der Waals surface area (Å²) in [6.07, 6.45) is 1.24. The molecule has 0 fully saturated rings. The van der Waals surface area contributed by atoms with Gasteiger partial charge in [-0.25, -0.2) is 0 Å². The summed E-state index contributed by atoms with van der Waals surface area (Å²) in [5, 5.41) is 13.2. The third kappa shape index (κ3) is 3.77. The van der Waals surface area contributed by atoms with Crippen molar-refractivity contribution >= 4 is 0 Å². The van der Waals surface area contributed by atoms with Gasteiger partial charge in [-0.15, -0.1) is 0 Å². The van der Waals surface area contributed by atoms with Gasteiger partial charge in [-0.05, 0) is 19.1 Å². The Morgan fingerprint density at radius 2 is 2.24 bits per heavy atom. The van der Waals surface area contributed by atoms with Crippen molar-refractivity contribution in [2.75, 3.05) is 27.9 Å². The zero-order valence-electron chi connectivity index (χ0n) is 10.1. The molecule has 17 heavy (non-hydrogen) atoms. The van der Waals surface area contributed by atoms with Crippen LogP contribution in [0.3, 0.4) is 0 Å². The normalized spacial score (nSPS) is 10.1.